The van der Waals surface area contributed by atoms with Gasteiger partial charge in [-0.3, -0.25) is 0 Å². The molecule has 1 rings (SSSR count). The SMILES string of the molecule is C=Cc1ccc(C)cc1/C(C)=C\C. The Bertz CT molecular complexity index is 343. The molecule has 0 heteroatoms. The first-order valence-electron chi connectivity index (χ1n) is 4.55. The number of benzene rings is 1. The first kappa shape index (κ1) is 9.79. The molecule has 0 aliphatic heterocycles. The van der Waals surface area contributed by atoms with Crippen LogP contribution in [0.3, 0.4) is 0 Å². The summed E-state index contributed by atoms with van der Waals surface area (Å²) >= 11 is 0. The van der Waals surface area contributed by atoms with Crippen molar-refractivity contribution in [2.75, 3.05) is 0 Å². The molecule has 0 radical (unpaired) electrons. The van der Waals surface area contributed by atoms with Crippen LogP contribution in [0.15, 0.2) is 30.9 Å². The summed E-state index contributed by atoms with van der Waals surface area (Å²) < 4.78 is 0. The Kier molecular flexibility index (Phi) is 3.07. The van der Waals surface area contributed by atoms with Crippen LogP contribution in [0.25, 0.3) is 11.6 Å². The summed E-state index contributed by atoms with van der Waals surface area (Å²) in [6.45, 7) is 10.1. The van der Waals surface area contributed by atoms with Gasteiger partial charge in [0.25, 0.3) is 0 Å². The molecule has 0 nitrogen and oxygen atoms in total. The highest BCUT2D eigenvalue weighted by Crippen LogP contribution is 2.21. The topological polar surface area (TPSA) is 0 Å². The molecule has 1 aromatic carbocycles. The minimum Gasteiger partial charge on any atom is -0.0984 e. The largest absolute Gasteiger partial charge is 0.0984 e. The highest BCUT2D eigenvalue weighted by molar-refractivity contribution is 5.73. The van der Waals surface area contributed by atoms with Crippen molar-refractivity contribution in [3.05, 3.63) is 47.5 Å². The maximum Gasteiger partial charge on any atom is -0.0156 e. The molecule has 0 saturated carbocycles. The summed E-state index contributed by atoms with van der Waals surface area (Å²) in [7, 11) is 0. The predicted octanol–water partition coefficient (Wildman–Crippen LogP) is 4.06. The Hall–Kier alpha value is -1.30. The van der Waals surface area contributed by atoms with Crippen molar-refractivity contribution in [2.45, 2.75) is 20.8 Å². The molecule has 0 aromatic heterocycles. The van der Waals surface area contributed by atoms with Gasteiger partial charge >= 0.3 is 0 Å². The summed E-state index contributed by atoms with van der Waals surface area (Å²) in [5.74, 6) is 0. The van der Waals surface area contributed by atoms with Gasteiger partial charge in [0.15, 0.2) is 0 Å². The molecule has 0 aliphatic rings. The van der Waals surface area contributed by atoms with Crippen molar-refractivity contribution in [3.8, 4) is 0 Å². The molecule has 0 amide bonds. The lowest BCUT2D eigenvalue weighted by Gasteiger charge is -2.07. The molecule has 0 N–H and O–H groups in total. The number of hydrogen-bond acceptors (Lipinski definition) is 0. The van der Waals surface area contributed by atoms with Crippen LogP contribution in [-0.4, -0.2) is 0 Å². The molecule has 0 unspecified atom stereocenters. The number of rotatable bonds is 2. The van der Waals surface area contributed by atoms with E-state index in [0.717, 1.165) is 0 Å². The minimum absolute atomic E-state index is 1.21. The van der Waals surface area contributed by atoms with Gasteiger partial charge in [0.2, 0.25) is 0 Å². The standard InChI is InChI=1S/C13H16/c1-5-11(4)13-9-10(3)7-8-12(13)6-2/h5-9H,2H2,1,3-4H3/b11-5-. The zero-order chi connectivity index (χ0) is 9.84. The molecule has 0 bridgehead atoms. The molecule has 0 fully saturated rings. The zero-order valence-electron chi connectivity index (χ0n) is 8.59. The lowest BCUT2D eigenvalue weighted by atomic mass is 9.98. The van der Waals surface area contributed by atoms with Crippen molar-refractivity contribution in [1.29, 1.82) is 0 Å². The number of allylic oxidation sites excluding steroid dienone is 2. The van der Waals surface area contributed by atoms with E-state index in [-0.39, 0.29) is 0 Å². The second-order valence-electron chi connectivity index (χ2n) is 3.27. The summed E-state index contributed by atoms with van der Waals surface area (Å²) in [4.78, 5) is 0. The van der Waals surface area contributed by atoms with E-state index < -0.39 is 0 Å². The Morgan fingerprint density at radius 3 is 2.62 bits per heavy atom. The molecule has 0 aliphatic carbocycles. The van der Waals surface area contributed by atoms with Gasteiger partial charge in [-0.05, 0) is 37.5 Å². The second kappa shape index (κ2) is 4.08. The number of aryl methyl sites for hydroxylation is 1. The van der Waals surface area contributed by atoms with Crippen LogP contribution in [-0.2, 0) is 0 Å². The van der Waals surface area contributed by atoms with Crippen LogP contribution in [0.1, 0.15) is 30.5 Å². The quantitative estimate of drug-likeness (QED) is 0.631. The second-order valence-corrected chi connectivity index (χ2v) is 3.27. The van der Waals surface area contributed by atoms with Crippen molar-refractivity contribution in [2.24, 2.45) is 0 Å². The fourth-order valence-corrected chi connectivity index (χ4v) is 1.35. The monoisotopic (exact) mass is 172 g/mol. The molecule has 0 saturated heterocycles. The van der Waals surface area contributed by atoms with Crippen molar-refractivity contribution in [3.63, 3.8) is 0 Å². The lowest BCUT2D eigenvalue weighted by molar-refractivity contribution is 1.42. The third-order valence-electron chi connectivity index (χ3n) is 2.29. The lowest BCUT2D eigenvalue weighted by Crippen LogP contribution is -1.86. The zero-order valence-corrected chi connectivity index (χ0v) is 8.59. The predicted molar refractivity (Wildman–Crippen MR) is 60.6 cm³/mol. The van der Waals surface area contributed by atoms with Crippen molar-refractivity contribution >= 4 is 11.6 Å². The maximum atomic E-state index is 3.81. The van der Waals surface area contributed by atoms with Gasteiger partial charge < -0.3 is 0 Å². The first-order valence-corrected chi connectivity index (χ1v) is 4.55. The maximum absolute atomic E-state index is 3.81. The van der Waals surface area contributed by atoms with Crippen LogP contribution in [0.5, 0.6) is 0 Å². The van der Waals surface area contributed by atoms with Gasteiger partial charge in [0.1, 0.15) is 0 Å². The van der Waals surface area contributed by atoms with E-state index in [0.29, 0.717) is 0 Å². The van der Waals surface area contributed by atoms with Gasteiger partial charge in [-0.15, -0.1) is 0 Å². The van der Waals surface area contributed by atoms with Crippen LogP contribution in [0, 0.1) is 6.92 Å². The van der Waals surface area contributed by atoms with Gasteiger partial charge in [0, 0.05) is 0 Å². The Balaban J connectivity index is 3.31. The van der Waals surface area contributed by atoms with Crippen LogP contribution in [0.4, 0.5) is 0 Å². The van der Waals surface area contributed by atoms with Crippen LogP contribution < -0.4 is 0 Å². The van der Waals surface area contributed by atoms with Gasteiger partial charge in [0.05, 0.1) is 0 Å². The van der Waals surface area contributed by atoms with Gasteiger partial charge in [-0.25, -0.2) is 0 Å². The molecule has 0 spiro atoms. The van der Waals surface area contributed by atoms with E-state index in [2.05, 4.69) is 51.6 Å². The molecule has 0 heterocycles. The Morgan fingerprint density at radius 2 is 2.08 bits per heavy atom. The number of hydrogen-bond donors (Lipinski definition) is 0. The molecule has 13 heavy (non-hydrogen) atoms. The third kappa shape index (κ3) is 2.09. The molecule has 0 atom stereocenters. The third-order valence-corrected chi connectivity index (χ3v) is 2.29. The van der Waals surface area contributed by atoms with E-state index in [1.54, 1.807) is 0 Å². The highest BCUT2D eigenvalue weighted by atomic mass is 14.0. The van der Waals surface area contributed by atoms with Gasteiger partial charge in [-0.2, -0.15) is 0 Å². The minimum atomic E-state index is 1.21. The molecule has 68 valence electrons. The average Bonchev–Trinajstić information content (AvgIpc) is 2.16. The summed E-state index contributed by atoms with van der Waals surface area (Å²) in [5, 5.41) is 0. The molecular weight excluding hydrogens is 156 g/mol. The average molecular weight is 172 g/mol. The Labute approximate surface area is 80.6 Å². The van der Waals surface area contributed by atoms with E-state index >= 15 is 0 Å². The highest BCUT2D eigenvalue weighted by Gasteiger charge is 2.00. The van der Waals surface area contributed by atoms with E-state index in [4.69, 9.17) is 0 Å². The summed E-state index contributed by atoms with van der Waals surface area (Å²) in [6.07, 6.45) is 4.03. The van der Waals surface area contributed by atoms with Gasteiger partial charge in [-0.1, -0.05) is 42.5 Å². The molecular formula is C13H16. The van der Waals surface area contributed by atoms with E-state index in [9.17, 15) is 0 Å². The van der Waals surface area contributed by atoms with Crippen molar-refractivity contribution < 1.29 is 0 Å². The smallest absolute Gasteiger partial charge is 0.0156 e. The molecule has 1 aromatic rings. The Morgan fingerprint density at radius 1 is 1.38 bits per heavy atom. The fourth-order valence-electron chi connectivity index (χ4n) is 1.35. The van der Waals surface area contributed by atoms with Crippen molar-refractivity contribution in [1.82, 2.24) is 0 Å². The normalized spacial score (nSPS) is 11.5. The van der Waals surface area contributed by atoms with Crippen LogP contribution in [0.2, 0.25) is 0 Å². The summed E-state index contributed by atoms with van der Waals surface area (Å²) in [5.41, 5.74) is 5.10. The summed E-state index contributed by atoms with van der Waals surface area (Å²) in [6, 6.07) is 6.43. The first-order chi connectivity index (χ1) is 6.19. The van der Waals surface area contributed by atoms with E-state index in [1.165, 1.54) is 22.3 Å². The van der Waals surface area contributed by atoms with Crippen LogP contribution >= 0.6 is 0 Å². The fraction of sp³-hybridized carbons (Fsp3) is 0.231. The van der Waals surface area contributed by atoms with E-state index in [1.807, 2.05) is 6.08 Å².